The van der Waals surface area contributed by atoms with E-state index in [9.17, 15) is 4.79 Å². The molecule has 0 aromatic rings. The molecule has 0 radical (unpaired) electrons. The van der Waals surface area contributed by atoms with E-state index in [0.29, 0.717) is 6.67 Å². The molecule has 0 aromatic carbocycles. The van der Waals surface area contributed by atoms with Crippen LogP contribution >= 0.6 is 15.9 Å². The summed E-state index contributed by atoms with van der Waals surface area (Å²) in [5, 5.41) is 0. The number of aliphatic imine (C=N–C) groups is 1. The van der Waals surface area contributed by atoms with Crippen molar-refractivity contribution in [3.8, 4) is 0 Å². The Bertz CT molecular complexity index is 283. The van der Waals surface area contributed by atoms with Crippen molar-refractivity contribution in [2.24, 2.45) is 10.7 Å². The van der Waals surface area contributed by atoms with Crippen molar-refractivity contribution in [1.29, 1.82) is 0 Å². The maximum atomic E-state index is 11.1. The molecule has 72 valence electrons. The molecule has 1 aliphatic heterocycles. The Labute approximate surface area is 85.6 Å². The molecule has 1 heterocycles. The lowest BCUT2D eigenvalue weighted by atomic mass is 10.0. The SMILES string of the molecule is CC(C)(C(N)=O)N1C=C(Br)C=NC1. The van der Waals surface area contributed by atoms with Crippen LogP contribution in [0.2, 0.25) is 0 Å². The molecule has 0 aromatic heterocycles. The molecule has 1 aliphatic rings. The van der Waals surface area contributed by atoms with Gasteiger partial charge in [-0.3, -0.25) is 9.79 Å². The van der Waals surface area contributed by atoms with Crippen molar-refractivity contribution in [2.45, 2.75) is 19.4 Å². The molecular formula is C8H12BrN3O. The monoisotopic (exact) mass is 245 g/mol. The number of amides is 1. The summed E-state index contributed by atoms with van der Waals surface area (Å²) in [5.74, 6) is -0.360. The Kier molecular flexibility index (Phi) is 2.75. The first-order valence-electron chi connectivity index (χ1n) is 3.88. The van der Waals surface area contributed by atoms with Crippen LogP contribution in [0.3, 0.4) is 0 Å². The summed E-state index contributed by atoms with van der Waals surface area (Å²) in [7, 11) is 0. The van der Waals surface area contributed by atoms with Crippen LogP contribution in [0.15, 0.2) is 15.7 Å². The van der Waals surface area contributed by atoms with Gasteiger partial charge in [0.1, 0.15) is 12.2 Å². The third-order valence-electron chi connectivity index (χ3n) is 2.05. The van der Waals surface area contributed by atoms with E-state index in [1.165, 1.54) is 0 Å². The number of carbonyl (C=O) groups is 1. The van der Waals surface area contributed by atoms with Crippen LogP contribution in [-0.2, 0) is 4.79 Å². The van der Waals surface area contributed by atoms with E-state index >= 15 is 0 Å². The van der Waals surface area contributed by atoms with Gasteiger partial charge < -0.3 is 10.6 Å². The molecule has 0 saturated heterocycles. The van der Waals surface area contributed by atoms with Crippen LogP contribution in [-0.4, -0.2) is 29.2 Å². The highest BCUT2D eigenvalue weighted by Gasteiger charge is 2.31. The van der Waals surface area contributed by atoms with E-state index in [-0.39, 0.29) is 5.91 Å². The minimum Gasteiger partial charge on any atom is -0.368 e. The van der Waals surface area contributed by atoms with E-state index in [1.54, 1.807) is 25.0 Å². The predicted molar refractivity (Wildman–Crippen MR) is 55.5 cm³/mol. The summed E-state index contributed by atoms with van der Waals surface area (Å²) >= 11 is 3.29. The summed E-state index contributed by atoms with van der Waals surface area (Å²) in [6.45, 7) is 4.00. The Hall–Kier alpha value is -0.840. The summed E-state index contributed by atoms with van der Waals surface area (Å²) in [5.41, 5.74) is 4.57. The van der Waals surface area contributed by atoms with Crippen LogP contribution in [0.5, 0.6) is 0 Å². The second-order valence-corrected chi connectivity index (χ2v) is 4.28. The van der Waals surface area contributed by atoms with E-state index in [1.807, 2.05) is 6.20 Å². The standard InChI is InChI=1S/C8H12BrN3O/c1-8(2,7(10)13)12-4-6(9)3-11-5-12/h3-4H,5H2,1-2H3,(H2,10,13). The van der Waals surface area contributed by atoms with Crippen LogP contribution in [0.1, 0.15) is 13.8 Å². The molecule has 0 spiro atoms. The summed E-state index contributed by atoms with van der Waals surface area (Å²) in [4.78, 5) is 17.0. The maximum absolute atomic E-state index is 11.1. The number of allylic oxidation sites excluding steroid dienone is 1. The molecule has 0 atom stereocenters. The summed E-state index contributed by atoms with van der Waals surface area (Å²) in [6.07, 6.45) is 3.52. The summed E-state index contributed by atoms with van der Waals surface area (Å²) in [6, 6.07) is 0. The number of halogens is 1. The first-order valence-corrected chi connectivity index (χ1v) is 4.67. The Balaban J connectivity index is 2.85. The van der Waals surface area contributed by atoms with Crippen molar-refractivity contribution < 1.29 is 4.79 Å². The lowest BCUT2D eigenvalue weighted by Gasteiger charge is -2.35. The smallest absolute Gasteiger partial charge is 0.242 e. The third-order valence-corrected chi connectivity index (χ3v) is 2.46. The molecule has 2 N–H and O–H groups in total. The van der Waals surface area contributed by atoms with Crippen molar-refractivity contribution in [3.05, 3.63) is 10.7 Å². The molecule has 0 unspecified atom stereocenters. The number of primary amides is 1. The molecule has 0 bridgehead atoms. The molecule has 4 nitrogen and oxygen atoms in total. The Morgan fingerprint density at radius 3 is 2.85 bits per heavy atom. The fourth-order valence-electron chi connectivity index (χ4n) is 0.919. The minimum atomic E-state index is -0.698. The number of rotatable bonds is 2. The van der Waals surface area contributed by atoms with Gasteiger partial charge in [-0.1, -0.05) is 0 Å². The van der Waals surface area contributed by atoms with Gasteiger partial charge in [0.2, 0.25) is 5.91 Å². The topological polar surface area (TPSA) is 58.7 Å². The average molecular weight is 246 g/mol. The minimum absolute atomic E-state index is 0.360. The van der Waals surface area contributed by atoms with Gasteiger partial charge in [-0.25, -0.2) is 0 Å². The van der Waals surface area contributed by atoms with Gasteiger partial charge in [-0.2, -0.15) is 0 Å². The zero-order chi connectivity index (χ0) is 10.1. The van der Waals surface area contributed by atoms with Gasteiger partial charge in [0.05, 0.1) is 4.48 Å². The number of hydrogen-bond donors (Lipinski definition) is 1. The van der Waals surface area contributed by atoms with E-state index < -0.39 is 5.54 Å². The Morgan fingerprint density at radius 2 is 2.38 bits per heavy atom. The van der Waals surface area contributed by atoms with Crippen molar-refractivity contribution in [1.82, 2.24) is 4.90 Å². The quantitative estimate of drug-likeness (QED) is 0.784. The average Bonchev–Trinajstić information content (AvgIpc) is 2.04. The number of nitrogens with zero attached hydrogens (tertiary/aromatic N) is 2. The van der Waals surface area contributed by atoms with Gasteiger partial charge in [0.25, 0.3) is 0 Å². The van der Waals surface area contributed by atoms with Crippen molar-refractivity contribution in [2.75, 3.05) is 6.67 Å². The number of nitrogens with two attached hydrogens (primary N) is 1. The highest BCUT2D eigenvalue weighted by molar-refractivity contribution is 9.12. The van der Waals surface area contributed by atoms with E-state index in [2.05, 4.69) is 20.9 Å². The zero-order valence-electron chi connectivity index (χ0n) is 7.62. The lowest BCUT2D eigenvalue weighted by molar-refractivity contribution is -0.126. The molecule has 13 heavy (non-hydrogen) atoms. The van der Waals surface area contributed by atoms with E-state index in [4.69, 9.17) is 5.73 Å². The molecular weight excluding hydrogens is 234 g/mol. The second kappa shape index (κ2) is 3.49. The van der Waals surface area contributed by atoms with Gasteiger partial charge in [0.15, 0.2) is 0 Å². The molecule has 1 rings (SSSR count). The fourth-order valence-corrected chi connectivity index (χ4v) is 1.31. The normalized spacial score (nSPS) is 17.2. The van der Waals surface area contributed by atoms with E-state index in [0.717, 1.165) is 4.48 Å². The van der Waals surface area contributed by atoms with Crippen molar-refractivity contribution in [3.63, 3.8) is 0 Å². The van der Waals surface area contributed by atoms with Gasteiger partial charge in [0, 0.05) is 12.4 Å². The van der Waals surface area contributed by atoms with Crippen LogP contribution < -0.4 is 5.73 Å². The van der Waals surface area contributed by atoms with Gasteiger partial charge in [-0.05, 0) is 29.8 Å². The molecule has 0 saturated carbocycles. The van der Waals surface area contributed by atoms with Crippen LogP contribution in [0, 0.1) is 0 Å². The lowest BCUT2D eigenvalue weighted by Crippen LogP contribution is -2.51. The molecule has 0 fully saturated rings. The third kappa shape index (κ3) is 2.09. The summed E-state index contributed by atoms with van der Waals surface area (Å²) < 4.78 is 0.841. The number of hydrogen-bond acceptors (Lipinski definition) is 3. The van der Waals surface area contributed by atoms with Gasteiger partial charge >= 0.3 is 0 Å². The highest BCUT2D eigenvalue weighted by atomic mass is 79.9. The van der Waals surface area contributed by atoms with Crippen molar-refractivity contribution >= 4 is 28.1 Å². The molecule has 0 aliphatic carbocycles. The first kappa shape index (κ1) is 10.2. The predicted octanol–water partition coefficient (Wildman–Crippen LogP) is 0.831. The fraction of sp³-hybridized carbons (Fsp3) is 0.500. The van der Waals surface area contributed by atoms with Crippen LogP contribution in [0.4, 0.5) is 0 Å². The van der Waals surface area contributed by atoms with Gasteiger partial charge in [-0.15, -0.1) is 0 Å². The number of carbonyl (C=O) groups excluding carboxylic acids is 1. The second-order valence-electron chi connectivity index (χ2n) is 3.36. The first-order chi connectivity index (χ1) is 5.94. The highest BCUT2D eigenvalue weighted by Crippen LogP contribution is 2.19. The molecule has 1 amide bonds. The maximum Gasteiger partial charge on any atom is 0.242 e. The Morgan fingerprint density at radius 1 is 1.77 bits per heavy atom. The van der Waals surface area contributed by atoms with Crippen LogP contribution in [0.25, 0.3) is 0 Å². The largest absolute Gasteiger partial charge is 0.368 e. The molecule has 5 heteroatoms. The zero-order valence-corrected chi connectivity index (χ0v) is 9.21.